The van der Waals surface area contributed by atoms with Crippen LogP contribution in [0.4, 0.5) is 10.5 Å². The molecular weight excluding hydrogens is 316 g/mol. The van der Waals surface area contributed by atoms with Crippen LogP contribution in [0.5, 0.6) is 0 Å². The molecule has 1 atom stereocenters. The molecule has 0 bridgehead atoms. The van der Waals surface area contributed by atoms with Gasteiger partial charge in [-0.3, -0.25) is 4.79 Å². The Bertz CT molecular complexity index is 591. The van der Waals surface area contributed by atoms with E-state index >= 15 is 0 Å². The van der Waals surface area contributed by atoms with E-state index in [0.717, 1.165) is 43.7 Å². The quantitative estimate of drug-likeness (QED) is 0.832. The maximum absolute atomic E-state index is 12.4. The van der Waals surface area contributed by atoms with Crippen LogP contribution in [0.3, 0.4) is 0 Å². The van der Waals surface area contributed by atoms with Crippen molar-refractivity contribution in [2.75, 3.05) is 31.5 Å². The van der Waals surface area contributed by atoms with Gasteiger partial charge in [-0.2, -0.15) is 0 Å². The van der Waals surface area contributed by atoms with Gasteiger partial charge in [0.2, 0.25) is 5.91 Å². The fraction of sp³-hybridized carbons (Fsp3) is 0.579. The number of nitrogens with one attached hydrogen (secondary N) is 2. The summed E-state index contributed by atoms with van der Waals surface area (Å²) in [6.45, 7) is 9.83. The standard InChI is InChI=1S/C19H30N4O2/c1-4-22-12-8-10-17(14-22)20-19(25)21-18-11-7-6-9-16(18)13-23(5-2)15(3)24/h6-7,9,11,17H,4-5,8,10,12-14H2,1-3H3,(H2,20,21,25). The van der Waals surface area contributed by atoms with Crippen LogP contribution in [0.25, 0.3) is 0 Å². The van der Waals surface area contributed by atoms with Crippen LogP contribution in [0.15, 0.2) is 24.3 Å². The van der Waals surface area contributed by atoms with Crippen LogP contribution in [-0.2, 0) is 11.3 Å². The Hall–Kier alpha value is -2.08. The van der Waals surface area contributed by atoms with Gasteiger partial charge in [-0.1, -0.05) is 25.1 Å². The van der Waals surface area contributed by atoms with Crippen molar-refractivity contribution in [2.45, 2.75) is 46.2 Å². The molecule has 1 saturated heterocycles. The minimum Gasteiger partial charge on any atom is -0.339 e. The number of urea groups is 1. The largest absolute Gasteiger partial charge is 0.339 e. The highest BCUT2D eigenvalue weighted by Crippen LogP contribution is 2.18. The van der Waals surface area contributed by atoms with E-state index in [-0.39, 0.29) is 18.0 Å². The summed E-state index contributed by atoms with van der Waals surface area (Å²) in [5.41, 5.74) is 1.69. The lowest BCUT2D eigenvalue weighted by atomic mass is 10.1. The highest BCUT2D eigenvalue weighted by molar-refractivity contribution is 5.90. The number of para-hydroxylation sites is 1. The predicted molar refractivity (Wildman–Crippen MR) is 100 cm³/mol. The smallest absolute Gasteiger partial charge is 0.319 e. The monoisotopic (exact) mass is 346 g/mol. The van der Waals surface area contributed by atoms with E-state index in [4.69, 9.17) is 0 Å². The van der Waals surface area contributed by atoms with Crippen molar-refractivity contribution in [3.05, 3.63) is 29.8 Å². The molecule has 2 N–H and O–H groups in total. The third-order valence-electron chi connectivity index (χ3n) is 4.74. The molecule has 0 radical (unpaired) electrons. The number of hydrogen-bond acceptors (Lipinski definition) is 3. The van der Waals surface area contributed by atoms with Gasteiger partial charge in [-0.25, -0.2) is 4.79 Å². The third kappa shape index (κ3) is 5.74. The lowest BCUT2D eigenvalue weighted by Gasteiger charge is -2.32. The van der Waals surface area contributed by atoms with Gasteiger partial charge in [0.1, 0.15) is 0 Å². The van der Waals surface area contributed by atoms with Crippen molar-refractivity contribution >= 4 is 17.6 Å². The van der Waals surface area contributed by atoms with Crippen molar-refractivity contribution in [1.82, 2.24) is 15.1 Å². The first-order chi connectivity index (χ1) is 12.0. The molecule has 0 spiro atoms. The summed E-state index contributed by atoms with van der Waals surface area (Å²) >= 11 is 0. The first-order valence-corrected chi connectivity index (χ1v) is 9.16. The second kappa shape index (κ2) is 9.42. The molecule has 0 aromatic heterocycles. The second-order valence-electron chi connectivity index (χ2n) is 6.52. The van der Waals surface area contributed by atoms with Gasteiger partial charge in [0, 0.05) is 38.3 Å². The van der Waals surface area contributed by atoms with Gasteiger partial charge in [0.05, 0.1) is 0 Å². The maximum Gasteiger partial charge on any atom is 0.319 e. The molecule has 138 valence electrons. The Labute approximate surface area is 150 Å². The average molecular weight is 346 g/mol. The van der Waals surface area contributed by atoms with Gasteiger partial charge >= 0.3 is 6.03 Å². The Kier molecular flexibility index (Phi) is 7.25. The van der Waals surface area contributed by atoms with Crippen LogP contribution < -0.4 is 10.6 Å². The molecule has 1 heterocycles. The summed E-state index contributed by atoms with van der Waals surface area (Å²) in [7, 11) is 0. The minimum absolute atomic E-state index is 0.0311. The fourth-order valence-corrected chi connectivity index (χ4v) is 3.24. The number of hydrogen-bond donors (Lipinski definition) is 2. The Balaban J connectivity index is 1.97. The summed E-state index contributed by atoms with van der Waals surface area (Å²) in [5.74, 6) is 0.0311. The van der Waals surface area contributed by atoms with Crippen molar-refractivity contribution in [3.63, 3.8) is 0 Å². The molecule has 1 unspecified atom stereocenters. The zero-order chi connectivity index (χ0) is 18.2. The molecule has 0 aliphatic carbocycles. The van der Waals surface area contributed by atoms with E-state index in [0.29, 0.717) is 13.1 Å². The fourth-order valence-electron chi connectivity index (χ4n) is 3.24. The number of nitrogens with zero attached hydrogens (tertiary/aromatic N) is 2. The lowest BCUT2D eigenvalue weighted by molar-refractivity contribution is -0.129. The van der Waals surface area contributed by atoms with Crippen molar-refractivity contribution in [2.24, 2.45) is 0 Å². The SMILES string of the molecule is CCN1CCCC(NC(=O)Nc2ccccc2CN(CC)C(C)=O)C1. The van der Waals surface area contributed by atoms with E-state index in [2.05, 4.69) is 22.5 Å². The zero-order valence-corrected chi connectivity index (χ0v) is 15.5. The second-order valence-corrected chi connectivity index (χ2v) is 6.52. The normalized spacial score (nSPS) is 17.8. The Morgan fingerprint density at radius 2 is 2.04 bits per heavy atom. The minimum atomic E-state index is -0.179. The summed E-state index contributed by atoms with van der Waals surface area (Å²) in [4.78, 5) is 28.2. The number of rotatable bonds is 6. The maximum atomic E-state index is 12.4. The van der Waals surface area contributed by atoms with Crippen LogP contribution in [0.2, 0.25) is 0 Å². The van der Waals surface area contributed by atoms with Gasteiger partial charge in [0.25, 0.3) is 0 Å². The van der Waals surface area contributed by atoms with Gasteiger partial charge in [-0.15, -0.1) is 0 Å². The van der Waals surface area contributed by atoms with E-state index in [1.165, 1.54) is 0 Å². The molecule has 3 amide bonds. The molecule has 6 nitrogen and oxygen atoms in total. The Morgan fingerprint density at radius 3 is 2.72 bits per heavy atom. The number of benzene rings is 1. The summed E-state index contributed by atoms with van der Waals surface area (Å²) in [5, 5.41) is 6.03. The van der Waals surface area contributed by atoms with Gasteiger partial charge in [-0.05, 0) is 44.5 Å². The molecule has 0 saturated carbocycles. The molecule has 1 aromatic carbocycles. The number of likely N-dealkylation sites (N-methyl/N-ethyl adjacent to an activating group) is 1. The van der Waals surface area contributed by atoms with Crippen LogP contribution in [0.1, 0.15) is 39.2 Å². The predicted octanol–water partition coefficient (Wildman–Crippen LogP) is 2.66. The van der Waals surface area contributed by atoms with Crippen LogP contribution in [0, 0.1) is 0 Å². The molecule has 25 heavy (non-hydrogen) atoms. The first kappa shape index (κ1) is 19.2. The van der Waals surface area contributed by atoms with E-state index < -0.39 is 0 Å². The van der Waals surface area contributed by atoms with Crippen LogP contribution >= 0.6 is 0 Å². The summed E-state index contributed by atoms with van der Waals surface area (Å²) in [6, 6.07) is 7.64. The van der Waals surface area contributed by atoms with E-state index in [1.807, 2.05) is 31.2 Å². The van der Waals surface area contributed by atoms with E-state index in [1.54, 1.807) is 11.8 Å². The highest BCUT2D eigenvalue weighted by Gasteiger charge is 2.20. The third-order valence-corrected chi connectivity index (χ3v) is 4.74. The van der Waals surface area contributed by atoms with Gasteiger partial charge in [0.15, 0.2) is 0 Å². The molecule has 1 aliphatic rings. The van der Waals surface area contributed by atoms with E-state index in [9.17, 15) is 9.59 Å². The van der Waals surface area contributed by atoms with Gasteiger partial charge < -0.3 is 20.4 Å². The van der Waals surface area contributed by atoms with Crippen molar-refractivity contribution in [3.8, 4) is 0 Å². The summed E-state index contributed by atoms with van der Waals surface area (Å²) < 4.78 is 0. The number of likely N-dealkylation sites (tertiary alicyclic amines) is 1. The molecular formula is C19H30N4O2. The van der Waals surface area contributed by atoms with Crippen molar-refractivity contribution in [1.29, 1.82) is 0 Å². The first-order valence-electron chi connectivity index (χ1n) is 9.16. The number of carbonyl (C=O) groups is 2. The topological polar surface area (TPSA) is 64.7 Å². The molecule has 1 fully saturated rings. The molecule has 1 aromatic rings. The number of piperidine rings is 1. The summed E-state index contributed by atoms with van der Waals surface area (Å²) in [6.07, 6.45) is 2.12. The number of anilines is 1. The molecule has 2 rings (SSSR count). The highest BCUT2D eigenvalue weighted by atomic mass is 16.2. The number of carbonyl (C=O) groups excluding carboxylic acids is 2. The van der Waals surface area contributed by atoms with Crippen LogP contribution in [-0.4, -0.2) is 54.0 Å². The molecule has 6 heteroatoms. The van der Waals surface area contributed by atoms with Crippen molar-refractivity contribution < 1.29 is 9.59 Å². The molecule has 1 aliphatic heterocycles. The Morgan fingerprint density at radius 1 is 1.28 bits per heavy atom. The lowest BCUT2D eigenvalue weighted by Crippen LogP contribution is -2.48. The zero-order valence-electron chi connectivity index (χ0n) is 15.5. The number of amides is 3. The average Bonchev–Trinajstić information content (AvgIpc) is 2.60.